The zero-order valence-electron chi connectivity index (χ0n) is 8.14. The summed E-state index contributed by atoms with van der Waals surface area (Å²) in [5.74, 6) is 0.474. The monoisotopic (exact) mass is 187 g/mol. The minimum Gasteiger partial charge on any atom is -0.364 e. The third kappa shape index (κ3) is 4.28. The quantitative estimate of drug-likeness (QED) is 0.399. The minimum absolute atomic E-state index is 0.474. The van der Waals surface area contributed by atoms with Crippen LogP contribution in [-0.2, 0) is 0 Å². The van der Waals surface area contributed by atoms with Gasteiger partial charge in [0.2, 0.25) is 0 Å². The maximum absolute atomic E-state index is 4.88. The molecule has 0 heterocycles. The topological polar surface area (TPSA) is 36.4 Å². The van der Waals surface area contributed by atoms with Crippen molar-refractivity contribution in [2.75, 3.05) is 7.05 Å². The number of rotatable bonds is 3. The summed E-state index contributed by atoms with van der Waals surface area (Å²) in [4.78, 5) is 0. The van der Waals surface area contributed by atoms with Crippen LogP contribution >= 0.6 is 12.2 Å². The van der Waals surface area contributed by atoms with Gasteiger partial charge in [0.25, 0.3) is 0 Å². The number of nitrogens with zero attached hydrogens (tertiary/aromatic N) is 1. The third-order valence-corrected chi connectivity index (χ3v) is 1.85. The molecule has 0 aromatic heterocycles. The van der Waals surface area contributed by atoms with Crippen LogP contribution in [0.4, 0.5) is 0 Å². The molecule has 70 valence electrons. The summed E-state index contributed by atoms with van der Waals surface area (Å²) in [5.41, 5.74) is 3.90. The first-order valence-electron chi connectivity index (χ1n) is 4.16. The largest absolute Gasteiger partial charge is 0.364 e. The Labute approximate surface area is 79.6 Å². The van der Waals surface area contributed by atoms with E-state index < -0.39 is 0 Å². The molecule has 0 saturated heterocycles. The van der Waals surface area contributed by atoms with Gasteiger partial charge in [0, 0.05) is 12.8 Å². The molecular weight excluding hydrogens is 170 g/mol. The molecule has 0 aromatic rings. The van der Waals surface area contributed by atoms with Gasteiger partial charge in [-0.1, -0.05) is 20.8 Å². The van der Waals surface area contributed by atoms with Crippen LogP contribution in [0.1, 0.15) is 27.2 Å². The van der Waals surface area contributed by atoms with Gasteiger partial charge in [0.15, 0.2) is 5.11 Å². The Kier molecular flexibility index (Phi) is 5.62. The van der Waals surface area contributed by atoms with Crippen LogP contribution in [0.25, 0.3) is 0 Å². The van der Waals surface area contributed by atoms with Gasteiger partial charge < -0.3 is 5.32 Å². The van der Waals surface area contributed by atoms with Crippen molar-refractivity contribution in [1.29, 1.82) is 0 Å². The van der Waals surface area contributed by atoms with Crippen LogP contribution in [0.5, 0.6) is 0 Å². The maximum atomic E-state index is 4.88. The molecule has 0 aliphatic heterocycles. The molecule has 0 bridgehead atoms. The molecule has 0 atom stereocenters. The van der Waals surface area contributed by atoms with E-state index in [2.05, 4.69) is 36.6 Å². The molecule has 0 fully saturated rings. The molecule has 0 spiro atoms. The van der Waals surface area contributed by atoms with Crippen molar-refractivity contribution in [2.24, 2.45) is 11.0 Å². The smallest absolute Gasteiger partial charge is 0.186 e. The predicted octanol–water partition coefficient (Wildman–Crippen LogP) is 1.50. The second-order valence-electron chi connectivity index (χ2n) is 2.80. The van der Waals surface area contributed by atoms with Crippen molar-refractivity contribution >= 4 is 23.0 Å². The average molecular weight is 187 g/mol. The fourth-order valence-corrected chi connectivity index (χ4v) is 0.841. The summed E-state index contributed by atoms with van der Waals surface area (Å²) in [6.07, 6.45) is 0.955. The van der Waals surface area contributed by atoms with Gasteiger partial charge in [-0.05, 0) is 24.6 Å². The summed E-state index contributed by atoms with van der Waals surface area (Å²) >= 11 is 4.88. The maximum Gasteiger partial charge on any atom is 0.186 e. The first-order chi connectivity index (χ1) is 5.61. The van der Waals surface area contributed by atoms with E-state index in [0.717, 1.165) is 12.1 Å². The number of thiocarbonyl (C=S) groups is 1. The van der Waals surface area contributed by atoms with Gasteiger partial charge >= 0.3 is 0 Å². The van der Waals surface area contributed by atoms with Gasteiger partial charge in [-0.25, -0.2) is 0 Å². The molecule has 3 nitrogen and oxygen atoms in total. The van der Waals surface area contributed by atoms with E-state index in [-0.39, 0.29) is 0 Å². The van der Waals surface area contributed by atoms with E-state index in [1.807, 2.05) is 0 Å². The fourth-order valence-electron chi connectivity index (χ4n) is 0.795. The Morgan fingerprint density at radius 1 is 1.50 bits per heavy atom. The van der Waals surface area contributed by atoms with Crippen molar-refractivity contribution < 1.29 is 0 Å². The van der Waals surface area contributed by atoms with Crippen LogP contribution in [0.15, 0.2) is 5.10 Å². The highest BCUT2D eigenvalue weighted by Gasteiger charge is 2.01. The first kappa shape index (κ1) is 11.4. The Hall–Kier alpha value is -0.640. The normalized spacial score (nSPS) is 11.6. The van der Waals surface area contributed by atoms with E-state index in [4.69, 9.17) is 12.2 Å². The van der Waals surface area contributed by atoms with E-state index >= 15 is 0 Å². The third-order valence-electron chi connectivity index (χ3n) is 1.56. The molecule has 0 rings (SSSR count). The average Bonchev–Trinajstić information content (AvgIpc) is 2.04. The SMILES string of the molecule is CC/C(=N/NC(=S)NC)C(C)C. The van der Waals surface area contributed by atoms with E-state index in [0.29, 0.717) is 11.0 Å². The number of hydrogen-bond donors (Lipinski definition) is 2. The molecule has 0 amide bonds. The van der Waals surface area contributed by atoms with Gasteiger partial charge in [0.05, 0.1) is 0 Å². The minimum atomic E-state index is 0.474. The fraction of sp³-hybridized carbons (Fsp3) is 0.750. The van der Waals surface area contributed by atoms with E-state index in [9.17, 15) is 0 Å². The van der Waals surface area contributed by atoms with Crippen molar-refractivity contribution in [3.05, 3.63) is 0 Å². The highest BCUT2D eigenvalue weighted by atomic mass is 32.1. The standard InChI is InChI=1S/C8H17N3S/c1-5-7(6(2)3)10-11-8(12)9-4/h6H,5H2,1-4H3,(H2,9,11,12)/b10-7-. The van der Waals surface area contributed by atoms with Gasteiger partial charge in [-0.2, -0.15) is 5.10 Å². The Morgan fingerprint density at radius 2 is 2.08 bits per heavy atom. The second-order valence-corrected chi connectivity index (χ2v) is 3.21. The van der Waals surface area contributed by atoms with Crippen LogP contribution in [-0.4, -0.2) is 17.9 Å². The lowest BCUT2D eigenvalue weighted by molar-refractivity contribution is 0.828. The number of hydrazone groups is 1. The lowest BCUT2D eigenvalue weighted by atomic mass is 10.1. The highest BCUT2D eigenvalue weighted by Crippen LogP contribution is 1.99. The van der Waals surface area contributed by atoms with E-state index in [1.54, 1.807) is 7.05 Å². The lowest BCUT2D eigenvalue weighted by Crippen LogP contribution is -2.30. The Bertz CT molecular complexity index is 175. The molecule has 4 heteroatoms. The highest BCUT2D eigenvalue weighted by molar-refractivity contribution is 7.80. The molecule has 0 unspecified atom stereocenters. The Morgan fingerprint density at radius 3 is 2.42 bits per heavy atom. The second kappa shape index (κ2) is 5.94. The molecule has 0 aliphatic rings. The van der Waals surface area contributed by atoms with Crippen LogP contribution in [0.2, 0.25) is 0 Å². The van der Waals surface area contributed by atoms with Crippen molar-refractivity contribution in [1.82, 2.24) is 10.7 Å². The Balaban J connectivity index is 4.03. The molecule has 12 heavy (non-hydrogen) atoms. The summed E-state index contributed by atoms with van der Waals surface area (Å²) < 4.78 is 0. The van der Waals surface area contributed by atoms with Gasteiger partial charge in [-0.3, -0.25) is 5.43 Å². The lowest BCUT2D eigenvalue weighted by Gasteiger charge is -2.08. The predicted molar refractivity (Wildman–Crippen MR) is 57.4 cm³/mol. The summed E-state index contributed by atoms with van der Waals surface area (Å²) in [6, 6.07) is 0. The van der Waals surface area contributed by atoms with Crippen molar-refractivity contribution in [2.45, 2.75) is 27.2 Å². The zero-order chi connectivity index (χ0) is 9.56. The summed E-state index contributed by atoms with van der Waals surface area (Å²) in [7, 11) is 1.77. The molecule has 0 aromatic carbocycles. The van der Waals surface area contributed by atoms with Gasteiger partial charge in [0.1, 0.15) is 0 Å². The van der Waals surface area contributed by atoms with Crippen LogP contribution in [0.3, 0.4) is 0 Å². The summed E-state index contributed by atoms with van der Waals surface area (Å²) in [6.45, 7) is 6.32. The molecular formula is C8H17N3S. The molecule has 0 aliphatic carbocycles. The number of hydrogen-bond acceptors (Lipinski definition) is 2. The summed E-state index contributed by atoms with van der Waals surface area (Å²) in [5, 5.41) is 7.53. The first-order valence-corrected chi connectivity index (χ1v) is 4.56. The molecule has 2 N–H and O–H groups in total. The van der Waals surface area contributed by atoms with Crippen molar-refractivity contribution in [3.63, 3.8) is 0 Å². The van der Waals surface area contributed by atoms with E-state index in [1.165, 1.54) is 0 Å². The van der Waals surface area contributed by atoms with Crippen molar-refractivity contribution in [3.8, 4) is 0 Å². The molecule has 0 radical (unpaired) electrons. The van der Waals surface area contributed by atoms with Crippen LogP contribution < -0.4 is 10.7 Å². The van der Waals surface area contributed by atoms with Crippen LogP contribution in [0, 0.1) is 5.92 Å². The zero-order valence-corrected chi connectivity index (χ0v) is 8.96. The number of nitrogens with one attached hydrogen (secondary N) is 2. The van der Waals surface area contributed by atoms with Gasteiger partial charge in [-0.15, -0.1) is 0 Å². The molecule has 0 saturated carbocycles.